The Hall–Kier alpha value is -0.350. The molecule has 0 unspecified atom stereocenters. The van der Waals surface area contributed by atoms with Crippen LogP contribution in [0.15, 0.2) is 21.1 Å². The highest BCUT2D eigenvalue weighted by molar-refractivity contribution is 9.11. The Morgan fingerprint density at radius 2 is 1.82 bits per heavy atom. The molecule has 0 radical (unpaired) electrons. The molecule has 0 aliphatic rings. The van der Waals surface area contributed by atoms with Gasteiger partial charge in [-0.1, -0.05) is 0 Å². The van der Waals surface area contributed by atoms with Crippen LogP contribution < -0.4 is 0 Å². The Balaban J connectivity index is 3.40. The van der Waals surface area contributed by atoms with E-state index in [-0.39, 0.29) is 11.3 Å². The average Bonchev–Trinajstić information content (AvgIpc) is 1.99. The standard InChI is InChI=1S/C7H4Br2O2/c8-5-1-2-6(9)7(11)4(5)3-10/h1-3,11H. The quantitative estimate of drug-likeness (QED) is 0.803. The van der Waals surface area contributed by atoms with Crippen molar-refractivity contribution in [3.63, 3.8) is 0 Å². The highest BCUT2D eigenvalue weighted by atomic mass is 79.9. The summed E-state index contributed by atoms with van der Waals surface area (Å²) >= 11 is 6.22. The molecule has 0 amide bonds. The van der Waals surface area contributed by atoms with Gasteiger partial charge in [-0.05, 0) is 44.0 Å². The molecule has 1 rings (SSSR count). The summed E-state index contributed by atoms with van der Waals surface area (Å²) in [4.78, 5) is 10.4. The Kier molecular flexibility index (Phi) is 2.67. The molecule has 0 spiro atoms. The molecule has 0 atom stereocenters. The van der Waals surface area contributed by atoms with E-state index in [4.69, 9.17) is 0 Å². The van der Waals surface area contributed by atoms with Crippen molar-refractivity contribution in [1.29, 1.82) is 0 Å². The Bertz CT molecular complexity index is 297. The van der Waals surface area contributed by atoms with Crippen molar-refractivity contribution in [2.75, 3.05) is 0 Å². The highest BCUT2D eigenvalue weighted by Crippen LogP contribution is 2.31. The molecule has 1 aromatic carbocycles. The predicted molar refractivity (Wildman–Crippen MR) is 48.9 cm³/mol. The first-order valence-corrected chi connectivity index (χ1v) is 4.37. The Labute approximate surface area is 80.5 Å². The van der Waals surface area contributed by atoms with Crippen molar-refractivity contribution in [1.82, 2.24) is 0 Å². The molecule has 0 aliphatic carbocycles. The lowest BCUT2D eigenvalue weighted by Gasteiger charge is -2.01. The largest absolute Gasteiger partial charge is 0.506 e. The van der Waals surface area contributed by atoms with Gasteiger partial charge < -0.3 is 5.11 Å². The fourth-order valence-corrected chi connectivity index (χ4v) is 1.43. The van der Waals surface area contributed by atoms with E-state index >= 15 is 0 Å². The van der Waals surface area contributed by atoms with Gasteiger partial charge in [0, 0.05) is 4.47 Å². The van der Waals surface area contributed by atoms with Gasteiger partial charge >= 0.3 is 0 Å². The molecule has 4 heteroatoms. The van der Waals surface area contributed by atoms with E-state index in [1.807, 2.05) is 0 Å². The molecule has 1 N–H and O–H groups in total. The normalized spacial score (nSPS) is 9.64. The van der Waals surface area contributed by atoms with Gasteiger partial charge in [0.25, 0.3) is 0 Å². The van der Waals surface area contributed by atoms with E-state index in [1.165, 1.54) is 0 Å². The zero-order valence-corrected chi connectivity index (χ0v) is 8.52. The summed E-state index contributed by atoms with van der Waals surface area (Å²) in [5, 5.41) is 9.27. The van der Waals surface area contributed by atoms with Crippen LogP contribution in [0.25, 0.3) is 0 Å². The van der Waals surface area contributed by atoms with Gasteiger partial charge in [0.1, 0.15) is 5.75 Å². The maximum atomic E-state index is 10.4. The third kappa shape index (κ3) is 1.62. The molecule has 0 saturated heterocycles. The molecule has 0 fully saturated rings. The summed E-state index contributed by atoms with van der Waals surface area (Å²) in [7, 11) is 0. The van der Waals surface area contributed by atoms with Crippen LogP contribution in [0.1, 0.15) is 10.4 Å². The molecule has 0 aromatic heterocycles. The summed E-state index contributed by atoms with van der Waals surface area (Å²) < 4.78 is 1.11. The number of phenolic OH excluding ortho intramolecular Hbond substituents is 1. The number of hydrogen-bond acceptors (Lipinski definition) is 2. The summed E-state index contributed by atoms with van der Waals surface area (Å²) in [5.41, 5.74) is 0.263. The molecular formula is C7H4Br2O2. The number of carbonyl (C=O) groups excluding carboxylic acids is 1. The van der Waals surface area contributed by atoms with Crippen molar-refractivity contribution in [3.8, 4) is 5.75 Å². The number of halogens is 2. The Morgan fingerprint density at radius 1 is 1.27 bits per heavy atom. The minimum Gasteiger partial charge on any atom is -0.506 e. The van der Waals surface area contributed by atoms with Crippen molar-refractivity contribution in [2.24, 2.45) is 0 Å². The van der Waals surface area contributed by atoms with Crippen LogP contribution in [0.4, 0.5) is 0 Å². The topological polar surface area (TPSA) is 37.3 Å². The smallest absolute Gasteiger partial charge is 0.154 e. The molecule has 11 heavy (non-hydrogen) atoms. The monoisotopic (exact) mass is 278 g/mol. The third-order valence-corrected chi connectivity index (χ3v) is 2.56. The van der Waals surface area contributed by atoms with Crippen LogP contribution in [0, 0.1) is 0 Å². The van der Waals surface area contributed by atoms with Gasteiger partial charge in [-0.2, -0.15) is 0 Å². The zero-order valence-electron chi connectivity index (χ0n) is 5.34. The van der Waals surface area contributed by atoms with Gasteiger partial charge in [-0.3, -0.25) is 4.79 Å². The fourth-order valence-electron chi connectivity index (χ4n) is 0.669. The second-order valence-corrected chi connectivity index (χ2v) is 3.62. The number of rotatable bonds is 1. The fraction of sp³-hybridized carbons (Fsp3) is 0. The first-order chi connectivity index (χ1) is 5.16. The van der Waals surface area contributed by atoms with Gasteiger partial charge in [-0.25, -0.2) is 0 Å². The number of aromatic hydroxyl groups is 1. The maximum Gasteiger partial charge on any atom is 0.154 e. The van der Waals surface area contributed by atoms with Gasteiger partial charge in [0.05, 0.1) is 10.0 Å². The van der Waals surface area contributed by atoms with E-state index in [0.717, 1.165) is 0 Å². The number of carbonyl (C=O) groups is 1. The summed E-state index contributed by atoms with van der Waals surface area (Å²) in [6, 6.07) is 3.35. The van der Waals surface area contributed by atoms with E-state index in [0.29, 0.717) is 15.2 Å². The molecule has 2 nitrogen and oxygen atoms in total. The van der Waals surface area contributed by atoms with E-state index < -0.39 is 0 Å². The molecule has 0 heterocycles. The minimum atomic E-state index is -0.0330. The average molecular weight is 280 g/mol. The van der Waals surface area contributed by atoms with E-state index in [2.05, 4.69) is 31.9 Å². The Morgan fingerprint density at radius 3 is 2.27 bits per heavy atom. The van der Waals surface area contributed by atoms with Gasteiger partial charge in [-0.15, -0.1) is 0 Å². The number of phenols is 1. The molecule has 0 aliphatic heterocycles. The molecule has 0 bridgehead atoms. The number of benzene rings is 1. The SMILES string of the molecule is O=Cc1c(Br)ccc(Br)c1O. The lowest BCUT2D eigenvalue weighted by atomic mass is 10.2. The molecule has 1 aromatic rings. The van der Waals surface area contributed by atoms with Crippen molar-refractivity contribution < 1.29 is 9.90 Å². The van der Waals surface area contributed by atoms with Crippen molar-refractivity contribution in [2.45, 2.75) is 0 Å². The lowest BCUT2D eigenvalue weighted by molar-refractivity contribution is 0.112. The van der Waals surface area contributed by atoms with Gasteiger partial charge in [0.15, 0.2) is 6.29 Å². The van der Waals surface area contributed by atoms with Crippen molar-refractivity contribution in [3.05, 3.63) is 26.6 Å². The second kappa shape index (κ2) is 3.36. The second-order valence-electron chi connectivity index (χ2n) is 1.91. The zero-order chi connectivity index (χ0) is 8.43. The first-order valence-electron chi connectivity index (χ1n) is 2.79. The van der Waals surface area contributed by atoms with Crippen molar-refractivity contribution >= 4 is 38.1 Å². The van der Waals surface area contributed by atoms with E-state index in [9.17, 15) is 9.90 Å². The van der Waals surface area contributed by atoms with Crippen LogP contribution in [0.5, 0.6) is 5.75 Å². The highest BCUT2D eigenvalue weighted by Gasteiger charge is 2.07. The number of hydrogen-bond donors (Lipinski definition) is 1. The number of aldehydes is 1. The van der Waals surface area contributed by atoms with Crippen LogP contribution in [-0.2, 0) is 0 Å². The summed E-state index contributed by atoms with van der Waals surface area (Å²) in [5.74, 6) is -0.0330. The van der Waals surface area contributed by atoms with Crippen LogP contribution in [-0.4, -0.2) is 11.4 Å². The molecule has 0 saturated carbocycles. The summed E-state index contributed by atoms with van der Waals surface area (Å²) in [6.45, 7) is 0. The van der Waals surface area contributed by atoms with Gasteiger partial charge in [0.2, 0.25) is 0 Å². The van der Waals surface area contributed by atoms with Crippen LogP contribution in [0.3, 0.4) is 0 Å². The van der Waals surface area contributed by atoms with Crippen LogP contribution >= 0.6 is 31.9 Å². The summed E-state index contributed by atoms with van der Waals surface area (Å²) in [6.07, 6.45) is 0.601. The lowest BCUT2D eigenvalue weighted by Crippen LogP contribution is -1.83. The molecule has 58 valence electrons. The molecular weight excluding hydrogens is 276 g/mol. The minimum absolute atomic E-state index is 0.0330. The third-order valence-electron chi connectivity index (χ3n) is 1.23. The first kappa shape index (κ1) is 8.74. The predicted octanol–water partition coefficient (Wildman–Crippen LogP) is 2.73. The van der Waals surface area contributed by atoms with Crippen LogP contribution in [0.2, 0.25) is 0 Å². The van der Waals surface area contributed by atoms with E-state index in [1.54, 1.807) is 12.1 Å². The maximum absolute atomic E-state index is 10.4.